The molecule has 0 amide bonds. The minimum atomic E-state index is -0.0816. The number of thiazole rings is 1. The molecule has 0 atom stereocenters. The fourth-order valence-electron chi connectivity index (χ4n) is 2.83. The van der Waals surface area contributed by atoms with Crippen molar-refractivity contribution in [2.75, 3.05) is 6.26 Å². The van der Waals surface area contributed by atoms with Gasteiger partial charge in [-0.05, 0) is 12.3 Å². The van der Waals surface area contributed by atoms with Crippen LogP contribution in [0.25, 0.3) is 21.3 Å². The minimum Gasteiger partial charge on any atom is -0.323 e. The largest absolute Gasteiger partial charge is 0.323 e. The summed E-state index contributed by atoms with van der Waals surface area (Å²) < 4.78 is 7.17. The quantitative estimate of drug-likeness (QED) is 0.521. The van der Waals surface area contributed by atoms with Crippen molar-refractivity contribution in [2.45, 2.75) is 17.3 Å². The smallest absolute Gasteiger partial charge is 0.291 e. The van der Waals surface area contributed by atoms with E-state index in [0.29, 0.717) is 18.5 Å². The van der Waals surface area contributed by atoms with E-state index in [9.17, 15) is 4.79 Å². The second-order valence-electron chi connectivity index (χ2n) is 5.56. The van der Waals surface area contributed by atoms with E-state index in [1.165, 1.54) is 4.68 Å². The van der Waals surface area contributed by atoms with Gasteiger partial charge in [0.2, 0.25) is 0 Å². The number of hydrogen-bond acceptors (Lipinski definition) is 6. The Hall–Kier alpha value is -2.13. The van der Waals surface area contributed by atoms with Gasteiger partial charge in [0, 0.05) is 32.1 Å². The summed E-state index contributed by atoms with van der Waals surface area (Å²) in [6.45, 7) is 0.508. The first-order valence-electron chi connectivity index (χ1n) is 7.46. The molecular formula is C15H16N6OS2. The van der Waals surface area contributed by atoms with Gasteiger partial charge in [-0.25, -0.2) is 9.67 Å². The molecule has 4 heterocycles. The first-order chi connectivity index (χ1) is 11.6. The molecule has 0 spiro atoms. The fraction of sp³-hybridized carbons (Fsp3) is 0.333. The summed E-state index contributed by atoms with van der Waals surface area (Å²) in [5.41, 5.74) is 2.38. The molecule has 0 aliphatic heterocycles. The molecule has 0 saturated carbocycles. The van der Waals surface area contributed by atoms with Gasteiger partial charge in [-0.1, -0.05) is 11.8 Å². The fourth-order valence-corrected chi connectivity index (χ4v) is 4.44. The Morgan fingerprint density at radius 3 is 2.88 bits per heavy atom. The Kier molecular flexibility index (Phi) is 3.69. The average Bonchev–Trinajstić information content (AvgIpc) is 3.24. The predicted molar refractivity (Wildman–Crippen MR) is 96.8 cm³/mol. The summed E-state index contributed by atoms with van der Waals surface area (Å²) in [7, 11) is 3.77. The van der Waals surface area contributed by atoms with E-state index in [1.807, 2.05) is 37.2 Å². The van der Waals surface area contributed by atoms with Gasteiger partial charge in [-0.2, -0.15) is 10.2 Å². The number of aryl methyl sites for hydroxylation is 4. The molecule has 0 saturated heterocycles. The number of nitrogens with zero attached hydrogens (tertiary/aromatic N) is 6. The van der Waals surface area contributed by atoms with Crippen LogP contribution in [0.5, 0.6) is 0 Å². The third kappa shape index (κ3) is 2.35. The molecular weight excluding hydrogens is 344 g/mol. The number of hydrogen-bond donors (Lipinski definition) is 0. The van der Waals surface area contributed by atoms with Crippen molar-refractivity contribution in [2.24, 2.45) is 14.1 Å². The molecule has 0 aromatic carbocycles. The van der Waals surface area contributed by atoms with E-state index in [0.717, 1.165) is 25.8 Å². The summed E-state index contributed by atoms with van der Waals surface area (Å²) in [5, 5.41) is 9.57. The van der Waals surface area contributed by atoms with Crippen LogP contribution in [0.3, 0.4) is 0 Å². The van der Waals surface area contributed by atoms with Crippen LogP contribution in [0.4, 0.5) is 0 Å². The van der Waals surface area contributed by atoms with Crippen LogP contribution >= 0.6 is 23.1 Å². The highest BCUT2D eigenvalue weighted by Gasteiger charge is 2.17. The van der Waals surface area contributed by atoms with E-state index < -0.39 is 0 Å². The van der Waals surface area contributed by atoms with Crippen LogP contribution in [0.15, 0.2) is 27.6 Å². The van der Waals surface area contributed by atoms with Gasteiger partial charge in [-0.3, -0.25) is 9.48 Å². The molecule has 9 heteroatoms. The third-order valence-electron chi connectivity index (χ3n) is 4.03. The Balaban J connectivity index is 1.77. The minimum absolute atomic E-state index is 0.0816. The van der Waals surface area contributed by atoms with Gasteiger partial charge in [-0.15, -0.1) is 11.3 Å². The topological polar surface area (TPSA) is 70.5 Å². The second kappa shape index (κ2) is 5.75. The van der Waals surface area contributed by atoms with Gasteiger partial charge < -0.3 is 4.57 Å². The lowest BCUT2D eigenvalue weighted by Crippen LogP contribution is -2.25. The van der Waals surface area contributed by atoms with Crippen molar-refractivity contribution in [3.63, 3.8) is 0 Å². The number of thioether (sulfide) groups is 1. The first-order valence-corrected chi connectivity index (χ1v) is 9.50. The molecule has 4 aromatic rings. The first kappa shape index (κ1) is 15.4. The van der Waals surface area contributed by atoms with E-state index >= 15 is 0 Å². The van der Waals surface area contributed by atoms with Gasteiger partial charge in [0.15, 0.2) is 9.99 Å². The van der Waals surface area contributed by atoms with E-state index in [2.05, 4.69) is 15.2 Å². The lowest BCUT2D eigenvalue weighted by Gasteiger charge is -2.04. The van der Waals surface area contributed by atoms with Crippen molar-refractivity contribution in [3.8, 4) is 0 Å². The molecule has 124 valence electrons. The maximum atomic E-state index is 12.8. The van der Waals surface area contributed by atoms with Gasteiger partial charge in [0.05, 0.1) is 23.1 Å². The molecule has 4 aromatic heterocycles. The zero-order chi connectivity index (χ0) is 16.8. The van der Waals surface area contributed by atoms with Crippen LogP contribution in [-0.4, -0.2) is 35.4 Å². The van der Waals surface area contributed by atoms with Gasteiger partial charge in [0.1, 0.15) is 5.52 Å². The maximum Gasteiger partial charge on any atom is 0.291 e. The van der Waals surface area contributed by atoms with Crippen molar-refractivity contribution in [3.05, 3.63) is 34.5 Å². The van der Waals surface area contributed by atoms with Crippen molar-refractivity contribution in [1.29, 1.82) is 0 Å². The standard InChI is InChI=1S/C15H16N6OS2/c1-19-6-4-9(18-19)5-7-21-14(22)11-10(8-16-21)12-13(20(11)2)17-15(23-3)24-12/h4,6,8H,5,7H2,1-3H3. The Labute approximate surface area is 145 Å². The van der Waals surface area contributed by atoms with Crippen molar-refractivity contribution in [1.82, 2.24) is 29.1 Å². The Bertz CT molecular complexity index is 1100. The summed E-state index contributed by atoms with van der Waals surface area (Å²) in [6.07, 6.45) is 6.35. The summed E-state index contributed by atoms with van der Waals surface area (Å²) in [6, 6.07) is 1.95. The Morgan fingerprint density at radius 1 is 1.33 bits per heavy atom. The number of rotatable bonds is 4. The highest BCUT2D eigenvalue weighted by atomic mass is 32.2. The molecule has 0 unspecified atom stereocenters. The summed E-state index contributed by atoms with van der Waals surface area (Å²) >= 11 is 3.22. The number of aromatic nitrogens is 6. The molecule has 7 nitrogen and oxygen atoms in total. The highest BCUT2D eigenvalue weighted by Crippen LogP contribution is 2.34. The van der Waals surface area contributed by atoms with Crippen LogP contribution in [0, 0.1) is 0 Å². The summed E-state index contributed by atoms with van der Waals surface area (Å²) in [5.74, 6) is 0. The maximum absolute atomic E-state index is 12.8. The molecule has 0 bridgehead atoms. The molecule has 0 aliphatic rings. The zero-order valence-corrected chi connectivity index (χ0v) is 15.2. The molecule has 0 aliphatic carbocycles. The lowest BCUT2D eigenvalue weighted by molar-refractivity contribution is 0.572. The monoisotopic (exact) mass is 360 g/mol. The molecule has 4 rings (SSSR count). The van der Waals surface area contributed by atoms with Crippen molar-refractivity contribution < 1.29 is 0 Å². The lowest BCUT2D eigenvalue weighted by atomic mass is 10.3. The molecule has 0 N–H and O–H groups in total. The molecule has 0 fully saturated rings. The highest BCUT2D eigenvalue weighted by molar-refractivity contribution is 8.00. The second-order valence-corrected chi connectivity index (χ2v) is 7.61. The van der Waals surface area contributed by atoms with E-state index in [-0.39, 0.29) is 5.56 Å². The third-order valence-corrected chi connectivity index (χ3v) is 6.09. The van der Waals surface area contributed by atoms with E-state index in [1.54, 1.807) is 34.0 Å². The van der Waals surface area contributed by atoms with Crippen LogP contribution in [0.2, 0.25) is 0 Å². The summed E-state index contributed by atoms with van der Waals surface area (Å²) in [4.78, 5) is 17.4. The normalized spacial score (nSPS) is 11.8. The van der Waals surface area contributed by atoms with Crippen LogP contribution in [-0.2, 0) is 27.1 Å². The van der Waals surface area contributed by atoms with Gasteiger partial charge in [0.25, 0.3) is 5.56 Å². The Morgan fingerprint density at radius 2 is 2.17 bits per heavy atom. The molecule has 0 radical (unpaired) electrons. The average molecular weight is 360 g/mol. The van der Waals surface area contributed by atoms with Crippen LogP contribution < -0.4 is 5.56 Å². The van der Waals surface area contributed by atoms with Gasteiger partial charge >= 0.3 is 0 Å². The van der Waals surface area contributed by atoms with Crippen molar-refractivity contribution >= 4 is 44.3 Å². The number of fused-ring (bicyclic) bond motifs is 3. The molecule has 24 heavy (non-hydrogen) atoms. The SMILES string of the molecule is CSc1nc2c(s1)c1cnn(CCc3ccn(C)n3)c(=O)c1n2C. The zero-order valence-electron chi connectivity index (χ0n) is 13.6. The predicted octanol–water partition coefficient (Wildman–Crippen LogP) is 2.04. The van der Waals surface area contributed by atoms with E-state index in [4.69, 9.17) is 0 Å². The van der Waals surface area contributed by atoms with Crippen LogP contribution in [0.1, 0.15) is 5.69 Å².